The fourth-order valence-corrected chi connectivity index (χ4v) is 5.30. The summed E-state index contributed by atoms with van der Waals surface area (Å²) in [5.41, 5.74) is 0. The van der Waals surface area contributed by atoms with Crippen molar-refractivity contribution in [1.29, 1.82) is 0 Å². The minimum absolute atomic E-state index is 0. The van der Waals surface area contributed by atoms with Gasteiger partial charge < -0.3 is 10.2 Å². The third-order valence-electron chi connectivity index (χ3n) is 7.99. The summed E-state index contributed by atoms with van der Waals surface area (Å²) < 4.78 is 0. The molecular weight excluding hydrogens is 544 g/mol. The molecule has 41 heavy (non-hydrogen) atoms. The second-order valence-corrected chi connectivity index (χ2v) is 12.2. The van der Waals surface area contributed by atoms with Crippen molar-refractivity contribution < 1.29 is 41.5 Å². The monoisotopic (exact) mass is 616 g/mol. The van der Waals surface area contributed by atoms with Gasteiger partial charge in [-0.3, -0.25) is 9.59 Å². The van der Waals surface area contributed by atoms with Gasteiger partial charge in [-0.25, -0.2) is 0 Å². The van der Waals surface area contributed by atoms with E-state index in [1.807, 2.05) is 0 Å². The third-order valence-corrected chi connectivity index (χ3v) is 7.99. The molecule has 0 heterocycles. The Kier molecular flexibility index (Phi) is 46.0. The minimum atomic E-state index is -0.653. The Bertz CT molecular complexity index is 454. The number of rotatable bonds is 32. The van der Waals surface area contributed by atoms with E-state index in [0.29, 0.717) is 12.8 Å². The van der Waals surface area contributed by atoms with Gasteiger partial charge in [-0.2, -0.15) is 0 Å². The van der Waals surface area contributed by atoms with Gasteiger partial charge in [0, 0.05) is 34.6 Å². The molecule has 0 saturated carbocycles. The van der Waals surface area contributed by atoms with E-state index in [9.17, 15) is 9.59 Å². The largest absolute Gasteiger partial charge is 0.481 e. The van der Waals surface area contributed by atoms with E-state index in [4.69, 9.17) is 10.2 Å². The van der Waals surface area contributed by atoms with Crippen LogP contribution in [0.25, 0.3) is 0 Å². The molecule has 0 bridgehead atoms. The zero-order chi connectivity index (χ0) is 29.8. The van der Waals surface area contributed by atoms with Crippen LogP contribution in [0.2, 0.25) is 0 Å². The standard InChI is InChI=1S/2C18H36O2.Ti/c2*1-2-3-4-5-6-7-8-9-10-11-12-13-14-15-16-17-18(19)20;/h2*2-17H2,1H3,(H,19,20);. The maximum Gasteiger partial charge on any atom is 0.303 e. The minimum Gasteiger partial charge on any atom is -0.481 e. The van der Waals surface area contributed by atoms with Crippen molar-refractivity contribution in [1.82, 2.24) is 0 Å². The Balaban J connectivity index is -0.000000688. The topological polar surface area (TPSA) is 74.6 Å². The first-order valence-electron chi connectivity index (χ1n) is 18.0. The van der Waals surface area contributed by atoms with Gasteiger partial charge in [-0.05, 0) is 12.8 Å². The summed E-state index contributed by atoms with van der Waals surface area (Å²) in [6.07, 6.45) is 40.4. The SMILES string of the molecule is CCCCCCCCCCCCCCCCCC(=O)O.CCCCCCCCCCCCCCCCCC(=O)O.[Ti]. The van der Waals surface area contributed by atoms with Crippen LogP contribution in [-0.4, -0.2) is 22.2 Å². The van der Waals surface area contributed by atoms with E-state index < -0.39 is 11.9 Å². The molecule has 0 unspecified atom stereocenters. The number of unbranched alkanes of at least 4 members (excludes halogenated alkanes) is 28. The molecule has 0 amide bonds. The van der Waals surface area contributed by atoms with Crippen LogP contribution in [0.3, 0.4) is 0 Å². The van der Waals surface area contributed by atoms with Crippen molar-refractivity contribution in [2.45, 2.75) is 219 Å². The van der Waals surface area contributed by atoms with Crippen LogP contribution in [0.1, 0.15) is 219 Å². The molecule has 0 aromatic rings. The number of aliphatic carboxylic acids is 2. The average molecular weight is 617 g/mol. The van der Waals surface area contributed by atoms with Crippen molar-refractivity contribution in [3.05, 3.63) is 0 Å². The number of hydrogen-bond acceptors (Lipinski definition) is 2. The Hall–Kier alpha value is -0.346. The molecule has 4 nitrogen and oxygen atoms in total. The van der Waals surface area contributed by atoms with Gasteiger partial charge >= 0.3 is 11.9 Å². The predicted molar refractivity (Wildman–Crippen MR) is 174 cm³/mol. The summed E-state index contributed by atoms with van der Waals surface area (Å²) in [6.45, 7) is 4.54. The van der Waals surface area contributed by atoms with Crippen molar-refractivity contribution in [2.24, 2.45) is 0 Å². The molecule has 0 aromatic heterocycles. The Morgan fingerprint density at radius 1 is 0.317 bits per heavy atom. The second kappa shape index (κ2) is 41.8. The molecule has 0 saturated heterocycles. The maximum atomic E-state index is 10.3. The summed E-state index contributed by atoms with van der Waals surface area (Å²) in [5, 5.41) is 17.0. The molecule has 0 rings (SSSR count). The molecule has 2 N–H and O–H groups in total. The van der Waals surface area contributed by atoms with Crippen LogP contribution in [0, 0.1) is 0 Å². The molecule has 0 spiro atoms. The van der Waals surface area contributed by atoms with Gasteiger partial charge in [0.1, 0.15) is 0 Å². The molecule has 0 fully saturated rings. The summed E-state index contributed by atoms with van der Waals surface area (Å²) in [7, 11) is 0. The van der Waals surface area contributed by atoms with Crippen LogP contribution in [0.5, 0.6) is 0 Å². The van der Waals surface area contributed by atoms with Gasteiger partial charge in [0.05, 0.1) is 0 Å². The fraction of sp³-hybridized carbons (Fsp3) is 0.944. The van der Waals surface area contributed by atoms with Crippen LogP contribution in [0.4, 0.5) is 0 Å². The second-order valence-electron chi connectivity index (χ2n) is 12.2. The van der Waals surface area contributed by atoms with E-state index in [2.05, 4.69) is 13.8 Å². The Morgan fingerprint density at radius 2 is 0.463 bits per heavy atom. The number of carbonyl (C=O) groups is 2. The number of carboxylic acid groups (broad SMARTS) is 2. The molecule has 244 valence electrons. The van der Waals surface area contributed by atoms with Gasteiger partial charge in [-0.1, -0.05) is 194 Å². The van der Waals surface area contributed by atoms with Gasteiger partial charge in [0.15, 0.2) is 0 Å². The van der Waals surface area contributed by atoms with Crippen LogP contribution < -0.4 is 0 Å². The molecule has 0 aliphatic rings. The van der Waals surface area contributed by atoms with Crippen LogP contribution in [-0.2, 0) is 31.3 Å². The molecule has 0 aliphatic heterocycles. The van der Waals surface area contributed by atoms with Crippen molar-refractivity contribution in [2.75, 3.05) is 0 Å². The van der Waals surface area contributed by atoms with Crippen molar-refractivity contribution in [3.63, 3.8) is 0 Å². The summed E-state index contributed by atoms with van der Waals surface area (Å²) in [6, 6.07) is 0. The van der Waals surface area contributed by atoms with Crippen LogP contribution >= 0.6 is 0 Å². The van der Waals surface area contributed by atoms with E-state index in [-0.39, 0.29) is 21.7 Å². The summed E-state index contributed by atoms with van der Waals surface area (Å²) in [4.78, 5) is 20.7. The van der Waals surface area contributed by atoms with Crippen LogP contribution in [0.15, 0.2) is 0 Å². The molecule has 0 aromatic carbocycles. The molecule has 0 aliphatic carbocycles. The smallest absolute Gasteiger partial charge is 0.303 e. The first-order chi connectivity index (χ1) is 19.5. The molecule has 5 heteroatoms. The normalized spacial score (nSPS) is 10.6. The number of hydrogen-bond donors (Lipinski definition) is 2. The van der Waals surface area contributed by atoms with E-state index >= 15 is 0 Å². The summed E-state index contributed by atoms with van der Waals surface area (Å²) >= 11 is 0. The van der Waals surface area contributed by atoms with E-state index in [1.54, 1.807) is 0 Å². The molecular formula is C36H72O4Ti. The predicted octanol–water partition coefficient (Wildman–Crippen LogP) is 12.7. The average Bonchev–Trinajstić information content (AvgIpc) is 2.93. The van der Waals surface area contributed by atoms with E-state index in [1.165, 1.54) is 167 Å². The fourth-order valence-electron chi connectivity index (χ4n) is 5.30. The first-order valence-corrected chi connectivity index (χ1v) is 18.0. The Morgan fingerprint density at radius 3 is 0.610 bits per heavy atom. The molecule has 0 atom stereocenters. The van der Waals surface area contributed by atoms with Crippen molar-refractivity contribution in [3.8, 4) is 0 Å². The number of carboxylic acids is 2. The zero-order valence-electron chi connectivity index (χ0n) is 27.8. The summed E-state index contributed by atoms with van der Waals surface area (Å²) in [5.74, 6) is -1.31. The van der Waals surface area contributed by atoms with Gasteiger partial charge in [0.2, 0.25) is 0 Å². The van der Waals surface area contributed by atoms with Crippen molar-refractivity contribution >= 4 is 11.9 Å². The quantitative estimate of drug-likeness (QED) is 0.0582. The third kappa shape index (κ3) is 49.6. The van der Waals surface area contributed by atoms with Gasteiger partial charge in [0.25, 0.3) is 0 Å². The Labute approximate surface area is 271 Å². The zero-order valence-corrected chi connectivity index (χ0v) is 29.4. The first kappa shape index (κ1) is 45.1. The van der Waals surface area contributed by atoms with Gasteiger partial charge in [-0.15, -0.1) is 0 Å². The maximum absolute atomic E-state index is 10.3. The molecule has 0 radical (unpaired) electrons. The van der Waals surface area contributed by atoms with E-state index in [0.717, 1.165) is 25.7 Å².